The lowest BCUT2D eigenvalue weighted by Gasteiger charge is -2.04. The highest BCUT2D eigenvalue weighted by Gasteiger charge is 2.15. The zero-order valence-corrected chi connectivity index (χ0v) is 12.4. The summed E-state index contributed by atoms with van der Waals surface area (Å²) in [4.78, 5) is 23.7. The van der Waals surface area contributed by atoms with Crippen LogP contribution in [0.1, 0.15) is 41.9 Å². The predicted octanol–water partition coefficient (Wildman–Crippen LogP) is 3.15. The summed E-state index contributed by atoms with van der Waals surface area (Å²) < 4.78 is 4.95. The summed E-state index contributed by atoms with van der Waals surface area (Å²) in [7, 11) is 0. The normalized spacial score (nSPS) is 10.1. The number of carbonyl (C=O) groups is 2. The van der Waals surface area contributed by atoms with Gasteiger partial charge < -0.3 is 10.1 Å². The fraction of sp³-hybridized carbons (Fsp3) is 0.538. The molecule has 5 nitrogen and oxygen atoms in total. The van der Waals surface area contributed by atoms with E-state index in [1.807, 2.05) is 6.92 Å². The Morgan fingerprint density at radius 2 is 2.11 bits per heavy atom. The van der Waals surface area contributed by atoms with Crippen LogP contribution in [0.3, 0.4) is 0 Å². The molecule has 0 saturated heterocycles. The van der Waals surface area contributed by atoms with Crippen molar-refractivity contribution >= 4 is 28.3 Å². The molecule has 0 aliphatic carbocycles. The smallest absolute Gasteiger partial charge is 0.348 e. The molecule has 0 radical (unpaired) electrons. The summed E-state index contributed by atoms with van der Waals surface area (Å²) in [6.07, 6.45) is 1.98. The highest BCUT2D eigenvalue weighted by Crippen LogP contribution is 2.27. The van der Waals surface area contributed by atoms with E-state index >= 15 is 0 Å². The van der Waals surface area contributed by atoms with Crippen LogP contribution in [0, 0.1) is 6.92 Å². The van der Waals surface area contributed by atoms with Gasteiger partial charge in [-0.3, -0.25) is 5.32 Å². The molecule has 0 unspecified atom stereocenters. The van der Waals surface area contributed by atoms with Crippen molar-refractivity contribution in [3.05, 3.63) is 16.5 Å². The van der Waals surface area contributed by atoms with Gasteiger partial charge in [-0.2, -0.15) is 0 Å². The van der Waals surface area contributed by atoms with Crippen molar-refractivity contribution in [1.29, 1.82) is 0 Å². The number of thiophene rings is 1. The van der Waals surface area contributed by atoms with Crippen molar-refractivity contribution in [1.82, 2.24) is 5.32 Å². The van der Waals surface area contributed by atoms with Crippen LogP contribution in [0.4, 0.5) is 9.80 Å². The maximum atomic E-state index is 11.6. The van der Waals surface area contributed by atoms with Crippen molar-refractivity contribution in [3.8, 4) is 0 Å². The second-order valence-corrected chi connectivity index (χ2v) is 5.13. The monoisotopic (exact) mass is 284 g/mol. The largest absolute Gasteiger partial charge is 0.462 e. The molecule has 0 aliphatic heterocycles. The van der Waals surface area contributed by atoms with Crippen molar-refractivity contribution < 1.29 is 14.3 Å². The Morgan fingerprint density at radius 3 is 2.74 bits per heavy atom. The molecule has 0 fully saturated rings. The zero-order valence-electron chi connectivity index (χ0n) is 11.5. The van der Waals surface area contributed by atoms with E-state index in [1.165, 1.54) is 11.3 Å². The SMILES string of the molecule is CCCCNC(=O)Nc1cc(C)c(C(=O)OCC)s1. The van der Waals surface area contributed by atoms with Crippen molar-refractivity contribution in [2.45, 2.75) is 33.6 Å². The number of hydrogen-bond donors (Lipinski definition) is 2. The van der Waals surface area contributed by atoms with E-state index in [1.54, 1.807) is 13.0 Å². The Balaban J connectivity index is 2.58. The lowest BCUT2D eigenvalue weighted by Crippen LogP contribution is -2.29. The molecule has 6 heteroatoms. The fourth-order valence-corrected chi connectivity index (χ4v) is 2.44. The van der Waals surface area contributed by atoms with Crippen LogP contribution in [0.25, 0.3) is 0 Å². The minimum absolute atomic E-state index is 0.245. The highest BCUT2D eigenvalue weighted by atomic mass is 32.1. The second kappa shape index (κ2) is 7.78. The van der Waals surface area contributed by atoms with Crippen LogP contribution in [0.5, 0.6) is 0 Å². The van der Waals surface area contributed by atoms with E-state index < -0.39 is 0 Å². The first-order valence-electron chi connectivity index (χ1n) is 6.40. The van der Waals surface area contributed by atoms with E-state index in [4.69, 9.17) is 4.74 Å². The number of amides is 2. The summed E-state index contributed by atoms with van der Waals surface area (Å²) in [6.45, 7) is 6.64. The first-order chi connectivity index (χ1) is 9.08. The molecule has 0 aromatic carbocycles. The molecule has 1 heterocycles. The summed E-state index contributed by atoms with van der Waals surface area (Å²) in [5.41, 5.74) is 0.812. The molecule has 2 amide bonds. The van der Waals surface area contributed by atoms with Gasteiger partial charge in [-0.15, -0.1) is 11.3 Å². The molecule has 0 atom stereocenters. The molecule has 106 valence electrons. The molecule has 19 heavy (non-hydrogen) atoms. The third kappa shape index (κ3) is 4.90. The number of unbranched alkanes of at least 4 members (excludes halogenated alkanes) is 1. The lowest BCUT2D eigenvalue weighted by atomic mass is 10.3. The molecule has 0 saturated carbocycles. The van der Waals surface area contributed by atoms with Crippen LogP contribution in [-0.4, -0.2) is 25.2 Å². The minimum atomic E-state index is -0.343. The molecular formula is C13H20N2O3S. The van der Waals surface area contributed by atoms with Gasteiger partial charge in [0.15, 0.2) is 0 Å². The average Bonchev–Trinajstić information content (AvgIpc) is 2.71. The van der Waals surface area contributed by atoms with Gasteiger partial charge in [0.2, 0.25) is 0 Å². The number of rotatable bonds is 6. The first kappa shape index (κ1) is 15.5. The Hall–Kier alpha value is -1.56. The van der Waals surface area contributed by atoms with E-state index in [0.717, 1.165) is 18.4 Å². The second-order valence-electron chi connectivity index (χ2n) is 4.08. The van der Waals surface area contributed by atoms with Gasteiger partial charge in [0.25, 0.3) is 0 Å². The molecule has 1 aromatic heterocycles. The standard InChI is InChI=1S/C13H20N2O3S/c1-4-6-7-14-13(17)15-10-8-9(3)11(19-10)12(16)18-5-2/h8H,4-7H2,1-3H3,(H2,14,15,17). The number of ether oxygens (including phenoxy) is 1. The molecule has 1 aromatic rings. The number of anilines is 1. The van der Waals surface area contributed by atoms with Gasteiger partial charge in [-0.05, 0) is 31.9 Å². The Morgan fingerprint density at radius 1 is 1.37 bits per heavy atom. The molecule has 0 aliphatic rings. The van der Waals surface area contributed by atoms with Crippen molar-refractivity contribution in [3.63, 3.8) is 0 Å². The quantitative estimate of drug-likeness (QED) is 0.623. The Kier molecular flexibility index (Phi) is 6.35. The molecule has 0 bridgehead atoms. The van der Waals surface area contributed by atoms with Gasteiger partial charge in [-0.1, -0.05) is 13.3 Å². The fourth-order valence-electron chi connectivity index (χ4n) is 1.48. The number of esters is 1. The number of carbonyl (C=O) groups excluding carboxylic acids is 2. The predicted molar refractivity (Wildman–Crippen MR) is 76.9 cm³/mol. The van der Waals surface area contributed by atoms with E-state index in [9.17, 15) is 9.59 Å². The minimum Gasteiger partial charge on any atom is -0.462 e. The first-order valence-corrected chi connectivity index (χ1v) is 7.22. The van der Waals surface area contributed by atoms with Gasteiger partial charge in [0.05, 0.1) is 11.6 Å². The van der Waals surface area contributed by atoms with Gasteiger partial charge in [0.1, 0.15) is 4.88 Å². The molecule has 1 rings (SSSR count). The number of nitrogens with one attached hydrogen (secondary N) is 2. The van der Waals surface area contributed by atoms with Crippen LogP contribution in [0.2, 0.25) is 0 Å². The van der Waals surface area contributed by atoms with Crippen molar-refractivity contribution in [2.75, 3.05) is 18.5 Å². The molecule has 2 N–H and O–H groups in total. The summed E-state index contributed by atoms with van der Waals surface area (Å²) in [5.74, 6) is -0.343. The summed E-state index contributed by atoms with van der Waals surface area (Å²) in [5, 5.41) is 6.12. The Bertz CT molecular complexity index is 443. The summed E-state index contributed by atoms with van der Waals surface area (Å²) in [6, 6.07) is 1.53. The van der Waals surface area contributed by atoms with Gasteiger partial charge in [0, 0.05) is 6.54 Å². The average molecular weight is 284 g/mol. The van der Waals surface area contributed by atoms with Gasteiger partial charge >= 0.3 is 12.0 Å². The third-order valence-corrected chi connectivity index (χ3v) is 3.56. The Labute approximate surface area is 117 Å². The molecular weight excluding hydrogens is 264 g/mol. The van der Waals surface area contributed by atoms with Crippen LogP contribution < -0.4 is 10.6 Å². The lowest BCUT2D eigenvalue weighted by molar-refractivity contribution is 0.0531. The topological polar surface area (TPSA) is 67.4 Å². The summed E-state index contributed by atoms with van der Waals surface area (Å²) >= 11 is 1.23. The van der Waals surface area contributed by atoms with Gasteiger partial charge in [-0.25, -0.2) is 9.59 Å². The number of aryl methyl sites for hydroxylation is 1. The van der Waals surface area contributed by atoms with E-state index in [-0.39, 0.29) is 12.0 Å². The van der Waals surface area contributed by atoms with Crippen LogP contribution in [-0.2, 0) is 4.74 Å². The van der Waals surface area contributed by atoms with Crippen molar-refractivity contribution in [2.24, 2.45) is 0 Å². The van der Waals surface area contributed by atoms with E-state index in [2.05, 4.69) is 17.6 Å². The van der Waals surface area contributed by atoms with Crippen LogP contribution in [0.15, 0.2) is 6.07 Å². The van der Waals surface area contributed by atoms with Crippen LogP contribution >= 0.6 is 11.3 Å². The number of urea groups is 1. The molecule has 0 spiro atoms. The number of hydrogen-bond acceptors (Lipinski definition) is 4. The third-order valence-electron chi connectivity index (χ3n) is 2.43. The zero-order chi connectivity index (χ0) is 14.3. The maximum absolute atomic E-state index is 11.6. The van der Waals surface area contributed by atoms with E-state index in [0.29, 0.717) is 23.0 Å². The maximum Gasteiger partial charge on any atom is 0.348 e. The highest BCUT2D eigenvalue weighted by molar-refractivity contribution is 7.18.